The Morgan fingerprint density at radius 1 is 1.00 bits per heavy atom. The monoisotopic (exact) mass is 207 g/mol. The van der Waals surface area contributed by atoms with E-state index in [0.717, 1.165) is 11.8 Å². The van der Waals surface area contributed by atoms with Gasteiger partial charge < -0.3 is 0 Å². The van der Waals surface area contributed by atoms with Gasteiger partial charge in [0.1, 0.15) is 5.69 Å². The van der Waals surface area contributed by atoms with Gasteiger partial charge in [-0.05, 0) is 30.2 Å². The zero-order valence-electron chi connectivity index (χ0n) is 8.55. The van der Waals surface area contributed by atoms with Crippen LogP contribution in [0.3, 0.4) is 0 Å². The predicted molar refractivity (Wildman–Crippen MR) is 62.0 cm³/mol. The maximum Gasteiger partial charge on any atom is 0.152 e. The molecule has 0 aliphatic rings. The van der Waals surface area contributed by atoms with E-state index in [9.17, 15) is 4.79 Å². The molecule has 0 bridgehead atoms. The number of pyridine rings is 1. The second kappa shape index (κ2) is 4.90. The van der Waals surface area contributed by atoms with Crippen molar-refractivity contribution in [3.05, 3.63) is 65.5 Å². The average molecular weight is 207 g/mol. The molecule has 2 aromatic rings. The van der Waals surface area contributed by atoms with Crippen LogP contribution in [0.15, 0.2) is 48.7 Å². The van der Waals surface area contributed by atoms with Crippen LogP contribution in [0.1, 0.15) is 21.6 Å². The summed E-state index contributed by atoms with van der Waals surface area (Å²) >= 11 is 0. The van der Waals surface area contributed by atoms with Crippen LogP contribution >= 0.6 is 0 Å². The molecule has 0 atom stereocenters. The molecule has 0 spiro atoms. The van der Waals surface area contributed by atoms with Crippen molar-refractivity contribution in [1.29, 1.82) is 0 Å². The van der Waals surface area contributed by atoms with Crippen LogP contribution < -0.4 is 0 Å². The van der Waals surface area contributed by atoms with Gasteiger partial charge in [-0.3, -0.25) is 4.79 Å². The quantitative estimate of drug-likeness (QED) is 0.530. The smallest absolute Gasteiger partial charge is 0.152 e. The molecule has 0 N–H and O–H groups in total. The maximum atomic E-state index is 10.7. The Bertz CT molecular complexity index is 550. The minimum Gasteiger partial charge on any atom is -0.298 e. The first-order valence-electron chi connectivity index (χ1n) is 4.87. The van der Waals surface area contributed by atoms with Gasteiger partial charge in [-0.1, -0.05) is 24.1 Å². The van der Waals surface area contributed by atoms with Crippen LogP contribution in [-0.4, -0.2) is 11.3 Å². The first kappa shape index (κ1) is 10.1. The fourth-order valence-electron chi connectivity index (χ4n) is 1.27. The van der Waals surface area contributed by atoms with E-state index in [1.807, 2.05) is 30.3 Å². The van der Waals surface area contributed by atoms with Crippen LogP contribution in [0.2, 0.25) is 0 Å². The van der Waals surface area contributed by atoms with Crippen LogP contribution in [0, 0.1) is 11.8 Å². The molecule has 1 aromatic carbocycles. The lowest BCUT2D eigenvalue weighted by Crippen LogP contribution is -1.90. The topological polar surface area (TPSA) is 30.0 Å². The van der Waals surface area contributed by atoms with Gasteiger partial charge >= 0.3 is 0 Å². The lowest BCUT2D eigenvalue weighted by atomic mass is 10.2. The first-order chi connectivity index (χ1) is 7.90. The number of carbonyl (C=O) groups is 1. The molecule has 76 valence electrons. The van der Waals surface area contributed by atoms with Crippen LogP contribution in [-0.2, 0) is 0 Å². The molecule has 0 amide bonds. The summed E-state index contributed by atoms with van der Waals surface area (Å²) in [5, 5.41) is 0. The van der Waals surface area contributed by atoms with Crippen molar-refractivity contribution < 1.29 is 4.79 Å². The molecule has 1 heterocycles. The van der Waals surface area contributed by atoms with Crippen molar-refractivity contribution in [2.75, 3.05) is 0 Å². The largest absolute Gasteiger partial charge is 0.298 e. The van der Waals surface area contributed by atoms with Crippen molar-refractivity contribution in [2.45, 2.75) is 0 Å². The van der Waals surface area contributed by atoms with E-state index in [0.29, 0.717) is 11.3 Å². The Morgan fingerprint density at radius 2 is 1.81 bits per heavy atom. The maximum absolute atomic E-state index is 10.7. The number of hydrogen-bond acceptors (Lipinski definition) is 2. The third-order valence-electron chi connectivity index (χ3n) is 2.06. The van der Waals surface area contributed by atoms with Gasteiger partial charge in [0, 0.05) is 17.3 Å². The molecular weight excluding hydrogens is 198 g/mol. The van der Waals surface area contributed by atoms with Crippen molar-refractivity contribution in [2.24, 2.45) is 0 Å². The van der Waals surface area contributed by atoms with Gasteiger partial charge in [0.15, 0.2) is 6.29 Å². The first-order valence-corrected chi connectivity index (χ1v) is 4.87. The van der Waals surface area contributed by atoms with Crippen molar-refractivity contribution in [3.63, 3.8) is 0 Å². The van der Waals surface area contributed by atoms with Gasteiger partial charge in [-0.25, -0.2) is 4.98 Å². The van der Waals surface area contributed by atoms with Gasteiger partial charge in [-0.15, -0.1) is 0 Å². The number of carbonyl (C=O) groups excluding carboxylic acids is 1. The van der Waals surface area contributed by atoms with Crippen LogP contribution in [0.25, 0.3) is 0 Å². The van der Waals surface area contributed by atoms with Crippen molar-refractivity contribution >= 4 is 6.29 Å². The normalized spacial score (nSPS) is 9.00. The van der Waals surface area contributed by atoms with E-state index < -0.39 is 0 Å². The van der Waals surface area contributed by atoms with Gasteiger partial charge in [-0.2, -0.15) is 0 Å². The summed E-state index contributed by atoms with van der Waals surface area (Å²) in [6.45, 7) is 0. The number of aldehydes is 1. The Hall–Kier alpha value is -2.40. The molecule has 2 heteroatoms. The summed E-state index contributed by atoms with van der Waals surface area (Å²) in [7, 11) is 0. The zero-order valence-corrected chi connectivity index (χ0v) is 8.55. The second-order valence-corrected chi connectivity index (χ2v) is 3.18. The Balaban J connectivity index is 2.34. The lowest BCUT2D eigenvalue weighted by Gasteiger charge is -1.93. The van der Waals surface area contributed by atoms with Crippen molar-refractivity contribution in [1.82, 2.24) is 4.98 Å². The molecule has 0 fully saturated rings. The number of rotatable bonds is 1. The average Bonchev–Trinajstić information content (AvgIpc) is 2.38. The summed E-state index contributed by atoms with van der Waals surface area (Å²) in [6.07, 6.45) is 2.39. The molecule has 0 aliphatic heterocycles. The fourth-order valence-corrected chi connectivity index (χ4v) is 1.27. The Kier molecular flexibility index (Phi) is 3.10. The predicted octanol–water partition coefficient (Wildman–Crippen LogP) is 2.29. The van der Waals surface area contributed by atoms with Crippen molar-refractivity contribution in [3.8, 4) is 11.8 Å². The van der Waals surface area contributed by atoms with E-state index >= 15 is 0 Å². The summed E-state index contributed by atoms with van der Waals surface area (Å²) in [5.74, 6) is 5.85. The molecular formula is C14H9NO. The molecule has 0 aliphatic carbocycles. The summed E-state index contributed by atoms with van der Waals surface area (Å²) in [4.78, 5) is 14.8. The number of nitrogens with zero attached hydrogens (tertiary/aromatic N) is 1. The highest BCUT2D eigenvalue weighted by Gasteiger charge is 1.96. The molecule has 2 nitrogen and oxygen atoms in total. The lowest BCUT2D eigenvalue weighted by molar-refractivity contribution is 0.112. The SMILES string of the molecule is O=Cc1cccnc1C#Cc1ccccc1. The highest BCUT2D eigenvalue weighted by atomic mass is 16.1. The summed E-state index contributed by atoms with van der Waals surface area (Å²) in [5.41, 5.74) is 1.94. The number of benzene rings is 1. The van der Waals surface area contributed by atoms with Crippen LogP contribution in [0.5, 0.6) is 0 Å². The van der Waals surface area contributed by atoms with Gasteiger partial charge in [0.25, 0.3) is 0 Å². The molecule has 0 unspecified atom stereocenters. The summed E-state index contributed by atoms with van der Waals surface area (Å²) in [6, 6.07) is 13.0. The minimum atomic E-state index is 0.515. The standard InChI is InChI=1S/C14H9NO/c16-11-13-7-4-10-15-14(13)9-8-12-5-2-1-3-6-12/h1-7,10-11H. The summed E-state index contributed by atoms with van der Waals surface area (Å²) < 4.78 is 0. The van der Waals surface area contributed by atoms with E-state index in [1.54, 1.807) is 18.3 Å². The highest BCUT2D eigenvalue weighted by Crippen LogP contribution is 2.01. The van der Waals surface area contributed by atoms with E-state index in [-0.39, 0.29) is 0 Å². The highest BCUT2D eigenvalue weighted by molar-refractivity contribution is 5.78. The van der Waals surface area contributed by atoms with Gasteiger partial charge in [0.2, 0.25) is 0 Å². The van der Waals surface area contributed by atoms with Crippen LogP contribution in [0.4, 0.5) is 0 Å². The van der Waals surface area contributed by atoms with E-state index in [2.05, 4.69) is 16.8 Å². The molecule has 0 radical (unpaired) electrons. The number of aromatic nitrogens is 1. The van der Waals surface area contributed by atoms with E-state index in [4.69, 9.17) is 0 Å². The zero-order chi connectivity index (χ0) is 11.2. The fraction of sp³-hybridized carbons (Fsp3) is 0. The second-order valence-electron chi connectivity index (χ2n) is 3.18. The molecule has 0 saturated heterocycles. The Morgan fingerprint density at radius 3 is 2.56 bits per heavy atom. The third-order valence-corrected chi connectivity index (χ3v) is 2.06. The van der Waals surface area contributed by atoms with Gasteiger partial charge in [0.05, 0.1) is 0 Å². The molecule has 16 heavy (non-hydrogen) atoms. The number of hydrogen-bond donors (Lipinski definition) is 0. The third kappa shape index (κ3) is 2.34. The van der Waals surface area contributed by atoms with E-state index in [1.165, 1.54) is 0 Å². The molecule has 2 rings (SSSR count). The molecule has 1 aromatic heterocycles. The minimum absolute atomic E-state index is 0.515. The molecule has 0 saturated carbocycles. The Labute approximate surface area is 94.0 Å².